The van der Waals surface area contributed by atoms with E-state index >= 15 is 0 Å². The lowest BCUT2D eigenvalue weighted by atomic mass is 9.97. The van der Waals surface area contributed by atoms with Crippen LogP contribution in [0.25, 0.3) is 5.57 Å². The number of rotatable bonds is 5. The van der Waals surface area contributed by atoms with Gasteiger partial charge in [-0.2, -0.15) is 0 Å². The van der Waals surface area contributed by atoms with E-state index < -0.39 is 0 Å². The zero-order valence-electron chi connectivity index (χ0n) is 16.0. The van der Waals surface area contributed by atoms with E-state index in [4.69, 9.17) is 11.6 Å². The fourth-order valence-electron chi connectivity index (χ4n) is 3.36. The number of aryl methyl sites for hydroxylation is 3. The fraction of sp³-hybridized carbons (Fsp3) is 0.273. The topological polar surface area (TPSA) is 49.4 Å². The molecule has 2 amide bonds. The van der Waals surface area contributed by atoms with E-state index in [2.05, 4.69) is 5.32 Å². The molecule has 1 aliphatic heterocycles. The highest BCUT2D eigenvalue weighted by atomic mass is 35.5. The second-order valence-corrected chi connectivity index (χ2v) is 7.35. The minimum absolute atomic E-state index is 0.247. The first-order chi connectivity index (χ1) is 12.8. The normalized spacial score (nSPS) is 14.3. The maximum atomic E-state index is 13.1. The molecule has 5 heteroatoms. The van der Waals surface area contributed by atoms with Crippen LogP contribution in [0.2, 0.25) is 5.02 Å². The van der Waals surface area contributed by atoms with E-state index in [-0.39, 0.29) is 11.8 Å². The van der Waals surface area contributed by atoms with Crippen LogP contribution in [0, 0.1) is 20.8 Å². The maximum Gasteiger partial charge on any atom is 0.278 e. The summed E-state index contributed by atoms with van der Waals surface area (Å²) in [4.78, 5) is 27.4. The van der Waals surface area contributed by atoms with E-state index in [9.17, 15) is 9.59 Å². The Labute approximate surface area is 164 Å². The number of amides is 2. The molecular formula is C22H23ClN2O2. The Balaban J connectivity index is 2.14. The van der Waals surface area contributed by atoms with Crippen LogP contribution >= 0.6 is 11.6 Å². The lowest BCUT2D eigenvalue weighted by molar-refractivity contribution is -0.136. The molecule has 0 spiro atoms. The summed E-state index contributed by atoms with van der Waals surface area (Å²) in [7, 11) is 0. The highest BCUT2D eigenvalue weighted by molar-refractivity contribution is 6.36. The van der Waals surface area contributed by atoms with Crippen molar-refractivity contribution in [2.24, 2.45) is 0 Å². The Hall–Kier alpha value is -2.59. The lowest BCUT2D eigenvalue weighted by Crippen LogP contribution is -2.33. The summed E-state index contributed by atoms with van der Waals surface area (Å²) in [5, 5.41) is 3.83. The zero-order chi connectivity index (χ0) is 19.7. The molecule has 3 rings (SSSR count). The lowest BCUT2D eigenvalue weighted by Gasteiger charge is -2.14. The van der Waals surface area contributed by atoms with Crippen LogP contribution in [0.15, 0.2) is 42.1 Å². The Morgan fingerprint density at radius 2 is 1.70 bits per heavy atom. The monoisotopic (exact) mass is 382 g/mol. The zero-order valence-corrected chi connectivity index (χ0v) is 16.8. The number of hydrogen-bond acceptors (Lipinski definition) is 3. The number of nitrogens with one attached hydrogen (secondary N) is 1. The Morgan fingerprint density at radius 3 is 2.33 bits per heavy atom. The Kier molecular flexibility index (Phi) is 5.38. The molecule has 1 aliphatic rings. The van der Waals surface area contributed by atoms with E-state index in [0.29, 0.717) is 29.3 Å². The van der Waals surface area contributed by atoms with Gasteiger partial charge in [0.05, 0.1) is 5.57 Å². The van der Waals surface area contributed by atoms with Gasteiger partial charge in [0, 0.05) is 17.3 Å². The molecule has 0 atom stereocenters. The van der Waals surface area contributed by atoms with Crippen molar-refractivity contribution in [3.63, 3.8) is 0 Å². The van der Waals surface area contributed by atoms with Gasteiger partial charge < -0.3 is 5.32 Å². The summed E-state index contributed by atoms with van der Waals surface area (Å²) in [6.07, 6.45) is 0.713. The minimum Gasteiger partial charge on any atom is -0.350 e. The summed E-state index contributed by atoms with van der Waals surface area (Å²) in [5.41, 5.74) is 5.29. The average Bonchev–Trinajstić information content (AvgIpc) is 2.82. The van der Waals surface area contributed by atoms with Gasteiger partial charge in [0.2, 0.25) is 0 Å². The number of carbonyl (C=O) groups is 2. The van der Waals surface area contributed by atoms with Crippen molar-refractivity contribution in [1.82, 2.24) is 4.90 Å². The highest BCUT2D eigenvalue weighted by Crippen LogP contribution is 2.33. The largest absolute Gasteiger partial charge is 0.350 e. The first-order valence-electron chi connectivity index (χ1n) is 9.04. The number of hydrogen-bond donors (Lipinski definition) is 1. The highest BCUT2D eigenvalue weighted by Gasteiger charge is 2.39. The van der Waals surface area contributed by atoms with Gasteiger partial charge in [0.25, 0.3) is 11.8 Å². The van der Waals surface area contributed by atoms with Gasteiger partial charge in [-0.3, -0.25) is 14.5 Å². The van der Waals surface area contributed by atoms with Gasteiger partial charge in [0.1, 0.15) is 5.70 Å². The van der Waals surface area contributed by atoms with Crippen molar-refractivity contribution < 1.29 is 9.59 Å². The van der Waals surface area contributed by atoms with Crippen molar-refractivity contribution in [1.29, 1.82) is 0 Å². The molecule has 0 radical (unpaired) electrons. The van der Waals surface area contributed by atoms with Crippen LogP contribution in [-0.4, -0.2) is 23.3 Å². The maximum absolute atomic E-state index is 13.1. The van der Waals surface area contributed by atoms with Crippen LogP contribution in [0.4, 0.5) is 5.69 Å². The van der Waals surface area contributed by atoms with E-state index in [1.54, 1.807) is 6.07 Å². The molecule has 0 saturated heterocycles. The van der Waals surface area contributed by atoms with Crippen molar-refractivity contribution >= 4 is 34.7 Å². The molecule has 4 nitrogen and oxygen atoms in total. The third kappa shape index (κ3) is 3.62. The molecular weight excluding hydrogens is 360 g/mol. The Morgan fingerprint density at radius 1 is 0.963 bits per heavy atom. The fourth-order valence-corrected chi connectivity index (χ4v) is 3.59. The molecule has 0 aromatic heterocycles. The smallest absolute Gasteiger partial charge is 0.278 e. The standard InChI is InChI=1S/C22H23ClN2O2/c1-5-10-25-21(26)19(17-8-6-13(2)11-14(17)3)20(22(25)27)24-18-9-7-16(23)12-15(18)4/h6-9,11-12,24H,5,10H2,1-4H3. The van der Waals surface area contributed by atoms with E-state index in [1.807, 2.05) is 58.0 Å². The van der Waals surface area contributed by atoms with Crippen LogP contribution in [0.5, 0.6) is 0 Å². The van der Waals surface area contributed by atoms with Crippen LogP contribution < -0.4 is 5.32 Å². The molecule has 1 N–H and O–H groups in total. The molecule has 0 bridgehead atoms. The predicted octanol–water partition coefficient (Wildman–Crippen LogP) is 4.87. The minimum atomic E-state index is -0.286. The number of benzene rings is 2. The Bertz CT molecular complexity index is 963. The second-order valence-electron chi connectivity index (χ2n) is 6.91. The molecule has 27 heavy (non-hydrogen) atoms. The average molecular weight is 383 g/mol. The van der Waals surface area contributed by atoms with Crippen LogP contribution in [0.1, 0.15) is 35.6 Å². The molecule has 0 fully saturated rings. The third-order valence-electron chi connectivity index (χ3n) is 4.71. The van der Waals surface area contributed by atoms with Gasteiger partial charge in [-0.1, -0.05) is 42.3 Å². The molecule has 0 aliphatic carbocycles. The number of halogens is 1. The van der Waals surface area contributed by atoms with E-state index in [1.165, 1.54) is 4.90 Å². The van der Waals surface area contributed by atoms with Crippen molar-refractivity contribution in [2.75, 3.05) is 11.9 Å². The van der Waals surface area contributed by atoms with Crippen LogP contribution in [-0.2, 0) is 9.59 Å². The molecule has 2 aromatic rings. The molecule has 2 aromatic carbocycles. The number of nitrogens with zero attached hydrogens (tertiary/aromatic N) is 1. The third-order valence-corrected chi connectivity index (χ3v) is 4.95. The van der Waals surface area contributed by atoms with Gasteiger partial charge in [0.15, 0.2) is 0 Å². The molecule has 0 saturated carbocycles. The molecule has 140 valence electrons. The molecule has 0 unspecified atom stereocenters. The summed E-state index contributed by atoms with van der Waals surface area (Å²) in [6.45, 7) is 8.23. The quantitative estimate of drug-likeness (QED) is 0.750. The number of anilines is 1. The summed E-state index contributed by atoms with van der Waals surface area (Å²) in [6, 6.07) is 11.3. The summed E-state index contributed by atoms with van der Waals surface area (Å²) >= 11 is 6.04. The van der Waals surface area contributed by atoms with Gasteiger partial charge in [-0.05, 0) is 62.1 Å². The van der Waals surface area contributed by atoms with Gasteiger partial charge >= 0.3 is 0 Å². The second kappa shape index (κ2) is 7.57. The number of imide groups is 1. The first kappa shape index (κ1) is 19.2. The first-order valence-corrected chi connectivity index (χ1v) is 9.42. The van der Waals surface area contributed by atoms with Crippen LogP contribution in [0.3, 0.4) is 0 Å². The van der Waals surface area contributed by atoms with Crippen molar-refractivity contribution in [3.8, 4) is 0 Å². The van der Waals surface area contributed by atoms with Gasteiger partial charge in [-0.25, -0.2) is 0 Å². The van der Waals surface area contributed by atoms with Crippen molar-refractivity contribution in [3.05, 3.63) is 69.4 Å². The van der Waals surface area contributed by atoms with Gasteiger partial charge in [-0.15, -0.1) is 0 Å². The SMILES string of the molecule is CCCN1C(=O)C(Nc2ccc(Cl)cc2C)=C(c2ccc(C)cc2C)C1=O. The predicted molar refractivity (Wildman–Crippen MR) is 110 cm³/mol. The number of carbonyl (C=O) groups excluding carboxylic acids is 2. The van der Waals surface area contributed by atoms with Crippen molar-refractivity contribution in [2.45, 2.75) is 34.1 Å². The van der Waals surface area contributed by atoms with E-state index in [0.717, 1.165) is 27.9 Å². The summed E-state index contributed by atoms with van der Waals surface area (Å²) < 4.78 is 0. The summed E-state index contributed by atoms with van der Waals surface area (Å²) in [5.74, 6) is -0.533. The molecule has 1 heterocycles.